The molecule has 0 aliphatic carbocycles. The van der Waals surface area contributed by atoms with Gasteiger partial charge in [-0.3, -0.25) is 9.69 Å². The number of hydrogen-bond donors (Lipinski definition) is 3. The molecule has 9 heteroatoms. The SMILES string of the molecule is CCCNC(=O)CN1CCN(C(=NCc2cccc(OC)c2)Nc2ccc(C(=O)O)cc2)CC1. The number of ether oxygens (including phenoxy) is 1. The Morgan fingerprint density at radius 2 is 1.82 bits per heavy atom. The number of hydrogen-bond acceptors (Lipinski definition) is 5. The number of anilines is 1. The lowest BCUT2D eigenvalue weighted by Crippen LogP contribution is -2.52. The number of carboxylic acid groups (broad SMARTS) is 1. The Morgan fingerprint density at radius 3 is 2.47 bits per heavy atom. The summed E-state index contributed by atoms with van der Waals surface area (Å²) in [7, 11) is 1.64. The highest BCUT2D eigenvalue weighted by Crippen LogP contribution is 2.15. The highest BCUT2D eigenvalue weighted by molar-refractivity contribution is 5.94. The van der Waals surface area contributed by atoms with E-state index >= 15 is 0 Å². The Hall–Kier alpha value is -3.59. The topological polar surface area (TPSA) is 107 Å². The van der Waals surface area contributed by atoms with Gasteiger partial charge in [-0.2, -0.15) is 0 Å². The molecule has 2 aromatic rings. The van der Waals surface area contributed by atoms with Crippen LogP contribution in [-0.4, -0.2) is 79.1 Å². The molecule has 0 unspecified atom stereocenters. The summed E-state index contributed by atoms with van der Waals surface area (Å²) in [5.41, 5.74) is 2.01. The molecule has 182 valence electrons. The number of guanidine groups is 1. The molecular weight excluding hydrogens is 434 g/mol. The fourth-order valence-corrected chi connectivity index (χ4v) is 3.62. The molecule has 0 atom stereocenters. The van der Waals surface area contributed by atoms with Crippen molar-refractivity contribution in [1.82, 2.24) is 15.1 Å². The van der Waals surface area contributed by atoms with Crippen LogP contribution in [0, 0.1) is 0 Å². The van der Waals surface area contributed by atoms with Gasteiger partial charge in [0.2, 0.25) is 5.91 Å². The second-order valence-electron chi connectivity index (χ2n) is 8.11. The van der Waals surface area contributed by atoms with Crippen LogP contribution >= 0.6 is 0 Å². The van der Waals surface area contributed by atoms with E-state index in [-0.39, 0.29) is 11.5 Å². The minimum Gasteiger partial charge on any atom is -0.497 e. The van der Waals surface area contributed by atoms with Gasteiger partial charge in [-0.1, -0.05) is 19.1 Å². The first-order valence-electron chi connectivity index (χ1n) is 11.5. The van der Waals surface area contributed by atoms with Crippen LogP contribution < -0.4 is 15.4 Å². The maximum absolute atomic E-state index is 12.1. The Morgan fingerprint density at radius 1 is 1.09 bits per heavy atom. The molecule has 1 saturated heterocycles. The number of nitrogens with one attached hydrogen (secondary N) is 2. The molecule has 1 aliphatic rings. The van der Waals surface area contributed by atoms with Crippen LogP contribution in [0.5, 0.6) is 5.75 Å². The van der Waals surface area contributed by atoms with Gasteiger partial charge < -0.3 is 25.4 Å². The Bertz CT molecular complexity index is 985. The molecule has 0 aromatic heterocycles. The van der Waals surface area contributed by atoms with Gasteiger partial charge in [0.05, 0.1) is 25.8 Å². The van der Waals surface area contributed by atoms with Crippen LogP contribution in [0.25, 0.3) is 0 Å². The molecule has 0 spiro atoms. The number of rotatable bonds is 9. The zero-order chi connectivity index (χ0) is 24.3. The smallest absolute Gasteiger partial charge is 0.335 e. The summed E-state index contributed by atoms with van der Waals surface area (Å²) < 4.78 is 5.31. The van der Waals surface area contributed by atoms with E-state index in [1.807, 2.05) is 31.2 Å². The number of piperazine rings is 1. The standard InChI is InChI=1S/C25H33N5O4/c1-3-11-26-23(31)18-29-12-14-30(15-13-29)25(27-17-19-5-4-6-22(16-19)34-2)28-21-9-7-20(8-10-21)24(32)33/h4-10,16H,3,11-15,17-18H2,1-2H3,(H,26,31)(H,27,28)(H,32,33). The molecule has 0 saturated carbocycles. The van der Waals surface area contributed by atoms with Gasteiger partial charge in [0.25, 0.3) is 0 Å². The van der Waals surface area contributed by atoms with Crippen molar-refractivity contribution in [1.29, 1.82) is 0 Å². The Labute approximate surface area is 200 Å². The zero-order valence-electron chi connectivity index (χ0n) is 19.8. The average molecular weight is 468 g/mol. The van der Waals surface area contributed by atoms with Crippen LogP contribution in [0.4, 0.5) is 5.69 Å². The fourth-order valence-electron chi connectivity index (χ4n) is 3.62. The van der Waals surface area contributed by atoms with Crippen molar-refractivity contribution < 1.29 is 19.4 Å². The highest BCUT2D eigenvalue weighted by atomic mass is 16.5. The van der Waals surface area contributed by atoms with Gasteiger partial charge >= 0.3 is 5.97 Å². The van der Waals surface area contributed by atoms with Crippen LogP contribution in [0.1, 0.15) is 29.3 Å². The first-order chi connectivity index (χ1) is 16.5. The minimum atomic E-state index is -0.961. The molecule has 34 heavy (non-hydrogen) atoms. The van der Waals surface area contributed by atoms with Gasteiger partial charge in [0, 0.05) is 38.4 Å². The van der Waals surface area contributed by atoms with Crippen molar-refractivity contribution in [2.45, 2.75) is 19.9 Å². The molecule has 0 radical (unpaired) electrons. The van der Waals surface area contributed by atoms with Crippen LogP contribution in [0.3, 0.4) is 0 Å². The molecule has 0 bridgehead atoms. The van der Waals surface area contributed by atoms with E-state index in [4.69, 9.17) is 14.8 Å². The zero-order valence-corrected chi connectivity index (χ0v) is 19.8. The van der Waals surface area contributed by atoms with Gasteiger partial charge in [0.15, 0.2) is 5.96 Å². The largest absolute Gasteiger partial charge is 0.497 e. The molecule has 2 aromatic carbocycles. The normalized spacial score (nSPS) is 14.5. The Balaban J connectivity index is 1.69. The number of nitrogens with zero attached hydrogens (tertiary/aromatic N) is 3. The average Bonchev–Trinajstić information content (AvgIpc) is 2.86. The summed E-state index contributed by atoms with van der Waals surface area (Å²) in [6.07, 6.45) is 0.922. The number of benzene rings is 2. The second kappa shape index (κ2) is 12.6. The van der Waals surface area contributed by atoms with Crippen LogP contribution in [0.15, 0.2) is 53.5 Å². The maximum Gasteiger partial charge on any atom is 0.335 e. The molecule has 3 rings (SSSR count). The van der Waals surface area contributed by atoms with E-state index in [0.29, 0.717) is 25.6 Å². The van der Waals surface area contributed by atoms with Gasteiger partial charge in [-0.15, -0.1) is 0 Å². The van der Waals surface area contributed by atoms with Gasteiger partial charge in [-0.05, 0) is 48.4 Å². The van der Waals surface area contributed by atoms with E-state index in [1.165, 1.54) is 0 Å². The van der Waals surface area contributed by atoms with Crippen molar-refractivity contribution in [3.8, 4) is 5.75 Å². The Kier molecular flexibility index (Phi) is 9.28. The monoisotopic (exact) mass is 467 g/mol. The van der Waals surface area contributed by atoms with Gasteiger partial charge in [-0.25, -0.2) is 9.79 Å². The lowest BCUT2D eigenvalue weighted by atomic mass is 10.2. The lowest BCUT2D eigenvalue weighted by molar-refractivity contribution is -0.122. The number of aliphatic imine (C=N–C) groups is 1. The summed E-state index contributed by atoms with van der Waals surface area (Å²) in [4.78, 5) is 32.4. The van der Waals surface area contributed by atoms with Crippen molar-refractivity contribution in [3.63, 3.8) is 0 Å². The summed E-state index contributed by atoms with van der Waals surface area (Å²) >= 11 is 0. The number of carboxylic acids is 1. The number of carbonyl (C=O) groups excluding carboxylic acids is 1. The molecule has 3 N–H and O–H groups in total. The summed E-state index contributed by atoms with van der Waals surface area (Å²) in [6.45, 7) is 6.53. The van der Waals surface area contributed by atoms with E-state index in [1.54, 1.807) is 31.4 Å². The predicted molar refractivity (Wildman–Crippen MR) is 132 cm³/mol. The summed E-state index contributed by atoms with van der Waals surface area (Å²) in [6, 6.07) is 14.4. The molecule has 9 nitrogen and oxygen atoms in total. The van der Waals surface area contributed by atoms with Gasteiger partial charge in [0.1, 0.15) is 5.75 Å². The third-order valence-corrected chi connectivity index (χ3v) is 5.54. The van der Waals surface area contributed by atoms with E-state index in [2.05, 4.69) is 20.4 Å². The first kappa shape index (κ1) is 25.0. The van der Waals surface area contributed by atoms with E-state index < -0.39 is 5.97 Å². The summed E-state index contributed by atoms with van der Waals surface area (Å²) in [5, 5.41) is 15.4. The van der Waals surface area contributed by atoms with Crippen molar-refractivity contribution in [2.24, 2.45) is 4.99 Å². The lowest BCUT2D eigenvalue weighted by Gasteiger charge is -2.36. The predicted octanol–water partition coefficient (Wildman–Crippen LogP) is 2.51. The highest BCUT2D eigenvalue weighted by Gasteiger charge is 2.21. The molecular formula is C25H33N5O4. The van der Waals surface area contributed by atoms with Crippen molar-refractivity contribution >= 4 is 23.5 Å². The van der Waals surface area contributed by atoms with Crippen molar-refractivity contribution in [2.75, 3.05) is 51.7 Å². The quantitative estimate of drug-likeness (QED) is 0.384. The fraction of sp³-hybridized carbons (Fsp3) is 0.400. The molecule has 1 amide bonds. The third kappa shape index (κ3) is 7.48. The first-order valence-corrected chi connectivity index (χ1v) is 11.5. The number of aromatic carboxylic acids is 1. The molecule has 1 fully saturated rings. The summed E-state index contributed by atoms with van der Waals surface area (Å²) in [5.74, 6) is 0.582. The van der Waals surface area contributed by atoms with E-state index in [0.717, 1.165) is 49.6 Å². The number of amides is 1. The van der Waals surface area contributed by atoms with Crippen LogP contribution in [-0.2, 0) is 11.3 Å². The second-order valence-corrected chi connectivity index (χ2v) is 8.11. The minimum absolute atomic E-state index is 0.0545. The molecule has 1 aliphatic heterocycles. The molecule has 1 heterocycles. The number of methoxy groups -OCH3 is 1. The van der Waals surface area contributed by atoms with E-state index in [9.17, 15) is 9.59 Å². The van der Waals surface area contributed by atoms with Crippen LogP contribution in [0.2, 0.25) is 0 Å². The van der Waals surface area contributed by atoms with Crippen molar-refractivity contribution in [3.05, 3.63) is 59.7 Å². The maximum atomic E-state index is 12.1. The number of carbonyl (C=O) groups is 2. The third-order valence-electron chi connectivity index (χ3n) is 5.54.